The van der Waals surface area contributed by atoms with E-state index in [1.807, 2.05) is 100.0 Å². The summed E-state index contributed by atoms with van der Waals surface area (Å²) >= 11 is 0. The number of hydrogen-bond donors (Lipinski definition) is 0. The van der Waals surface area contributed by atoms with Crippen molar-refractivity contribution in [1.82, 2.24) is 18.7 Å². The molecule has 9 heteroatoms. The molecule has 0 saturated carbocycles. The topological polar surface area (TPSA) is 105 Å². The highest BCUT2D eigenvalue weighted by atomic mass is 16.5. The van der Waals surface area contributed by atoms with Crippen LogP contribution in [0.15, 0.2) is 79.8 Å². The molecule has 0 N–H and O–H groups in total. The highest BCUT2D eigenvalue weighted by Gasteiger charge is 2.31. The molecule has 284 valence electrons. The lowest BCUT2D eigenvalue weighted by Gasteiger charge is -2.28. The van der Waals surface area contributed by atoms with E-state index in [1.54, 1.807) is 7.11 Å². The largest absolute Gasteiger partial charge is 0.497 e. The second-order valence-electron chi connectivity index (χ2n) is 17.1. The Bertz CT molecular complexity index is 3280. The summed E-state index contributed by atoms with van der Waals surface area (Å²) < 4.78 is 10.4. The van der Waals surface area contributed by atoms with Gasteiger partial charge in [0.05, 0.1) is 28.9 Å². The van der Waals surface area contributed by atoms with Gasteiger partial charge < -0.3 is 9.30 Å². The van der Waals surface area contributed by atoms with Crippen LogP contribution in [0.5, 0.6) is 5.75 Å². The second kappa shape index (κ2) is 12.3. The molecular formula is C47H46N4O5. The molecule has 3 heterocycles. The van der Waals surface area contributed by atoms with Gasteiger partial charge in [-0.25, -0.2) is 4.98 Å². The number of methoxy groups -OCH3 is 1. The van der Waals surface area contributed by atoms with E-state index in [-0.39, 0.29) is 58.0 Å². The molecule has 0 bridgehead atoms. The quantitative estimate of drug-likeness (QED) is 0.113. The van der Waals surface area contributed by atoms with Gasteiger partial charge in [-0.2, -0.15) is 0 Å². The van der Waals surface area contributed by atoms with Crippen LogP contribution in [0.2, 0.25) is 0 Å². The number of pyridine rings is 2. The molecule has 6 aromatic carbocycles. The summed E-state index contributed by atoms with van der Waals surface area (Å²) in [6, 6.07) is 18.5. The third-order valence-corrected chi connectivity index (χ3v) is 12.4. The average Bonchev–Trinajstić information content (AvgIpc) is 3.28. The Labute approximate surface area is 322 Å². The third-order valence-electron chi connectivity index (χ3n) is 12.4. The molecule has 0 fully saturated rings. The first-order chi connectivity index (χ1) is 26.7. The number of aromatic nitrogens is 4. The van der Waals surface area contributed by atoms with Crippen LogP contribution in [-0.4, -0.2) is 25.8 Å². The van der Waals surface area contributed by atoms with Gasteiger partial charge in [0.2, 0.25) is 0 Å². The maximum atomic E-state index is 14.9. The number of rotatable bonds is 8. The van der Waals surface area contributed by atoms with Gasteiger partial charge in [-0.3, -0.25) is 28.3 Å². The van der Waals surface area contributed by atoms with E-state index < -0.39 is 0 Å². The molecule has 56 heavy (non-hydrogen) atoms. The summed E-state index contributed by atoms with van der Waals surface area (Å²) in [6.45, 7) is 16.4. The molecule has 0 saturated heterocycles. The normalized spacial score (nSPS) is 13.0. The van der Waals surface area contributed by atoms with Gasteiger partial charge in [-0.15, -0.1) is 0 Å². The number of benzene rings is 6. The Morgan fingerprint density at radius 1 is 0.500 bits per heavy atom. The van der Waals surface area contributed by atoms with Gasteiger partial charge in [0.15, 0.2) is 0 Å². The van der Waals surface area contributed by atoms with Crippen molar-refractivity contribution < 1.29 is 4.74 Å². The zero-order valence-corrected chi connectivity index (χ0v) is 33.6. The second-order valence-corrected chi connectivity index (χ2v) is 17.1. The molecule has 0 atom stereocenters. The standard InChI is InChI=1S/C47H46N4O5/c1-21(2)41(22(3)4)50-44(52)29-17-15-27-28-16-18-30-36-32(47(55)51(45(30)53)42(23(5)6)24(7)8)20-34-40(38(28)36)39-33(19-31(46(50)54)35(29)37(27)39)48-43(49(34)9)25-11-13-26(56-10)14-12-25/h11-24,41-42H,1-10H3. The Morgan fingerprint density at radius 3 is 1.39 bits per heavy atom. The molecule has 3 aromatic heterocycles. The number of aryl methyl sites for hydroxylation is 1. The molecule has 0 spiro atoms. The van der Waals surface area contributed by atoms with Crippen LogP contribution in [0.4, 0.5) is 0 Å². The van der Waals surface area contributed by atoms with E-state index in [0.29, 0.717) is 49.4 Å². The zero-order chi connectivity index (χ0) is 39.8. The van der Waals surface area contributed by atoms with Gasteiger partial charge in [-0.05, 0) is 83.0 Å². The minimum absolute atomic E-state index is 0.0407. The van der Waals surface area contributed by atoms with Crippen molar-refractivity contribution in [2.75, 3.05) is 7.11 Å². The van der Waals surface area contributed by atoms with E-state index >= 15 is 0 Å². The molecule has 0 radical (unpaired) electrons. The van der Waals surface area contributed by atoms with Crippen molar-refractivity contribution in [2.24, 2.45) is 30.7 Å². The predicted molar refractivity (Wildman–Crippen MR) is 230 cm³/mol. The van der Waals surface area contributed by atoms with Crippen LogP contribution >= 0.6 is 0 Å². The van der Waals surface area contributed by atoms with Gasteiger partial charge >= 0.3 is 0 Å². The first-order valence-electron chi connectivity index (χ1n) is 19.7. The minimum Gasteiger partial charge on any atom is -0.497 e. The van der Waals surface area contributed by atoms with Crippen LogP contribution < -0.4 is 27.0 Å². The summed E-state index contributed by atoms with van der Waals surface area (Å²) in [5.41, 5.74) is 0.898. The van der Waals surface area contributed by atoms with E-state index in [9.17, 15) is 19.2 Å². The van der Waals surface area contributed by atoms with Gasteiger partial charge in [-0.1, -0.05) is 67.5 Å². The first kappa shape index (κ1) is 35.8. The zero-order valence-electron chi connectivity index (χ0n) is 33.6. The maximum absolute atomic E-state index is 14.9. The minimum atomic E-state index is -0.328. The van der Waals surface area contributed by atoms with E-state index in [4.69, 9.17) is 9.72 Å². The Morgan fingerprint density at radius 2 is 0.929 bits per heavy atom. The Kier molecular flexibility index (Phi) is 7.90. The summed E-state index contributed by atoms with van der Waals surface area (Å²) in [7, 11) is 3.57. The average molecular weight is 747 g/mol. The van der Waals surface area contributed by atoms with Crippen LogP contribution in [0.25, 0.3) is 87.1 Å². The fourth-order valence-corrected chi connectivity index (χ4v) is 10.4. The van der Waals surface area contributed by atoms with Crippen molar-refractivity contribution >= 4 is 75.7 Å². The van der Waals surface area contributed by atoms with E-state index in [1.165, 1.54) is 9.13 Å². The van der Waals surface area contributed by atoms with Crippen molar-refractivity contribution in [3.8, 4) is 17.1 Å². The van der Waals surface area contributed by atoms with Crippen LogP contribution in [0, 0.1) is 23.7 Å². The summed E-state index contributed by atoms with van der Waals surface area (Å²) in [6.07, 6.45) is 0. The lowest BCUT2D eigenvalue weighted by atomic mass is 9.84. The fourth-order valence-electron chi connectivity index (χ4n) is 10.4. The Hall–Kier alpha value is -5.83. The first-order valence-corrected chi connectivity index (χ1v) is 19.7. The summed E-state index contributed by atoms with van der Waals surface area (Å²) in [4.78, 5) is 64.3. The van der Waals surface area contributed by atoms with Crippen LogP contribution in [0.3, 0.4) is 0 Å². The number of fused-ring (bicyclic) bond motifs is 1. The fraction of sp³-hybridized carbons (Fsp3) is 0.340. The van der Waals surface area contributed by atoms with Gasteiger partial charge in [0.1, 0.15) is 11.6 Å². The number of hydrogen-bond acceptors (Lipinski definition) is 6. The molecule has 9 nitrogen and oxygen atoms in total. The Balaban J connectivity index is 1.59. The number of nitrogens with zero attached hydrogens (tertiary/aromatic N) is 4. The highest BCUT2D eigenvalue weighted by molar-refractivity contribution is 6.44. The highest BCUT2D eigenvalue weighted by Crippen LogP contribution is 2.48. The van der Waals surface area contributed by atoms with E-state index in [2.05, 4.69) is 27.7 Å². The lowest BCUT2D eigenvalue weighted by molar-refractivity contribution is 0.277. The molecule has 0 aliphatic rings. The lowest BCUT2D eigenvalue weighted by Crippen LogP contribution is -2.40. The van der Waals surface area contributed by atoms with Crippen molar-refractivity contribution in [2.45, 2.75) is 67.5 Å². The third kappa shape index (κ3) is 4.63. The van der Waals surface area contributed by atoms with Crippen LogP contribution in [-0.2, 0) is 7.05 Å². The molecular weight excluding hydrogens is 701 g/mol. The maximum Gasteiger partial charge on any atom is 0.261 e. The molecule has 9 rings (SSSR count). The smallest absolute Gasteiger partial charge is 0.261 e. The molecule has 9 aromatic rings. The molecule has 0 amide bonds. The molecule has 0 aliphatic carbocycles. The van der Waals surface area contributed by atoms with Gasteiger partial charge in [0, 0.05) is 67.8 Å². The summed E-state index contributed by atoms with van der Waals surface area (Å²) in [5, 5.41) is 7.97. The van der Waals surface area contributed by atoms with E-state index in [0.717, 1.165) is 43.4 Å². The van der Waals surface area contributed by atoms with Crippen molar-refractivity contribution in [3.63, 3.8) is 0 Å². The monoisotopic (exact) mass is 746 g/mol. The molecule has 0 aliphatic heterocycles. The predicted octanol–water partition coefficient (Wildman–Crippen LogP) is 9.23. The van der Waals surface area contributed by atoms with Crippen LogP contribution in [0.1, 0.15) is 67.5 Å². The van der Waals surface area contributed by atoms with Crippen molar-refractivity contribution in [1.29, 1.82) is 0 Å². The van der Waals surface area contributed by atoms with Crippen molar-refractivity contribution in [3.05, 3.63) is 102 Å². The number of ether oxygens (including phenoxy) is 1. The summed E-state index contributed by atoms with van der Waals surface area (Å²) in [5.74, 6) is 1.48. The van der Waals surface area contributed by atoms with Gasteiger partial charge in [0.25, 0.3) is 22.2 Å². The SMILES string of the molecule is COc1ccc(-c2nc3cc4c(=O)n(C(C(C)C)C(C)C)c(=O)c5ccc6c7ccc8c(=O)n(C(C(C)C)C(C)C)c(=O)c9cc(c(c3c6c54)c7c89)n2C)cc1. The molecule has 0 unspecified atom stereocenters.